The zero-order valence-corrected chi connectivity index (χ0v) is 16.1. The monoisotopic (exact) mass is 360 g/mol. The number of carbonyl (C=O) groups excluding carboxylic acids is 1. The summed E-state index contributed by atoms with van der Waals surface area (Å²) in [5, 5.41) is 6.02. The highest BCUT2D eigenvalue weighted by Crippen LogP contribution is 2.24. The van der Waals surface area contributed by atoms with Crippen molar-refractivity contribution in [3.8, 4) is 0 Å². The first-order valence-corrected chi connectivity index (χ1v) is 8.91. The summed E-state index contributed by atoms with van der Waals surface area (Å²) in [5.74, 6) is 0.134. The Morgan fingerprint density at radius 3 is 2.19 bits per heavy atom. The number of hydrogen-bond donors (Lipinski definition) is 2. The summed E-state index contributed by atoms with van der Waals surface area (Å²) in [4.78, 5) is 21.2. The molecule has 0 atom stereocenters. The summed E-state index contributed by atoms with van der Waals surface area (Å²) in [7, 11) is 0. The Balaban J connectivity index is 1.78. The Morgan fingerprint density at radius 2 is 1.56 bits per heavy atom. The number of rotatable bonds is 4. The van der Waals surface area contributed by atoms with Crippen LogP contribution < -0.4 is 10.6 Å². The number of amides is 1. The minimum absolute atomic E-state index is 0.0983. The number of hydrogen-bond acceptors (Lipinski definition) is 4. The second kappa shape index (κ2) is 7.58. The summed E-state index contributed by atoms with van der Waals surface area (Å²) in [6.45, 7) is 8.37. The van der Waals surface area contributed by atoms with Crippen molar-refractivity contribution < 1.29 is 4.79 Å². The molecule has 2 N–H and O–H groups in total. The number of para-hydroxylation sites is 1. The van der Waals surface area contributed by atoms with Gasteiger partial charge in [0.05, 0.1) is 0 Å². The molecule has 2 aromatic carbocycles. The lowest BCUT2D eigenvalue weighted by atomic mass is 9.87. The van der Waals surface area contributed by atoms with Crippen molar-refractivity contribution in [3.63, 3.8) is 0 Å². The molecule has 27 heavy (non-hydrogen) atoms. The molecule has 0 bridgehead atoms. The molecular weight excluding hydrogens is 336 g/mol. The van der Waals surface area contributed by atoms with E-state index in [4.69, 9.17) is 0 Å². The smallest absolute Gasteiger partial charge is 0.274 e. The van der Waals surface area contributed by atoms with Gasteiger partial charge in [-0.25, -0.2) is 9.97 Å². The van der Waals surface area contributed by atoms with Crippen molar-refractivity contribution in [3.05, 3.63) is 77.6 Å². The van der Waals surface area contributed by atoms with Gasteiger partial charge in [0.2, 0.25) is 5.95 Å². The fourth-order valence-corrected chi connectivity index (χ4v) is 2.64. The number of nitrogens with zero attached hydrogens (tertiary/aromatic N) is 2. The number of anilines is 3. The van der Waals surface area contributed by atoms with Crippen LogP contribution in [0.25, 0.3) is 0 Å². The highest BCUT2D eigenvalue weighted by atomic mass is 16.1. The fourth-order valence-electron chi connectivity index (χ4n) is 2.64. The Kier molecular flexibility index (Phi) is 5.21. The van der Waals surface area contributed by atoms with Crippen LogP contribution in [0.4, 0.5) is 17.3 Å². The van der Waals surface area contributed by atoms with E-state index in [1.807, 2.05) is 49.4 Å². The van der Waals surface area contributed by atoms with E-state index in [0.717, 1.165) is 17.1 Å². The molecule has 3 rings (SSSR count). The van der Waals surface area contributed by atoms with Gasteiger partial charge in [-0.2, -0.15) is 0 Å². The first-order valence-electron chi connectivity index (χ1n) is 8.91. The van der Waals surface area contributed by atoms with E-state index in [1.54, 1.807) is 6.07 Å². The molecule has 5 nitrogen and oxygen atoms in total. The molecule has 0 aliphatic rings. The lowest BCUT2D eigenvalue weighted by molar-refractivity contribution is 0.102. The molecule has 0 radical (unpaired) electrons. The summed E-state index contributed by atoms with van der Waals surface area (Å²) in [6, 6.07) is 19.1. The third-order valence-electron chi connectivity index (χ3n) is 4.13. The first-order chi connectivity index (χ1) is 12.8. The van der Waals surface area contributed by atoms with E-state index >= 15 is 0 Å². The Morgan fingerprint density at radius 1 is 0.889 bits per heavy atom. The second-order valence-electron chi connectivity index (χ2n) is 7.49. The maximum atomic E-state index is 12.5. The van der Waals surface area contributed by atoms with Crippen molar-refractivity contribution >= 4 is 23.2 Å². The van der Waals surface area contributed by atoms with Crippen LogP contribution in [0.5, 0.6) is 0 Å². The van der Waals surface area contributed by atoms with Crippen LogP contribution >= 0.6 is 0 Å². The predicted molar refractivity (Wildman–Crippen MR) is 110 cm³/mol. The van der Waals surface area contributed by atoms with Crippen molar-refractivity contribution in [2.24, 2.45) is 0 Å². The van der Waals surface area contributed by atoms with Crippen LogP contribution in [0.15, 0.2) is 60.7 Å². The minimum atomic E-state index is -0.266. The molecule has 5 heteroatoms. The largest absolute Gasteiger partial charge is 0.324 e. The number of aromatic nitrogens is 2. The van der Waals surface area contributed by atoms with E-state index in [9.17, 15) is 4.79 Å². The third kappa shape index (κ3) is 4.91. The van der Waals surface area contributed by atoms with Crippen LogP contribution in [0.1, 0.15) is 42.5 Å². The summed E-state index contributed by atoms with van der Waals surface area (Å²) >= 11 is 0. The molecule has 0 aliphatic heterocycles. The molecule has 1 amide bonds. The highest BCUT2D eigenvalue weighted by Gasteiger charge is 2.14. The normalized spacial score (nSPS) is 11.1. The molecule has 1 aromatic heterocycles. The zero-order chi connectivity index (χ0) is 19.4. The number of benzene rings is 2. The van der Waals surface area contributed by atoms with Crippen LogP contribution in [0.2, 0.25) is 0 Å². The Bertz CT molecular complexity index is 929. The average molecular weight is 360 g/mol. The van der Waals surface area contributed by atoms with Crippen molar-refractivity contribution in [1.29, 1.82) is 0 Å². The molecule has 138 valence electrons. The van der Waals surface area contributed by atoms with Gasteiger partial charge in [-0.1, -0.05) is 51.1 Å². The summed E-state index contributed by atoms with van der Waals surface area (Å²) < 4.78 is 0. The van der Waals surface area contributed by atoms with Gasteiger partial charge < -0.3 is 10.6 Å². The first kappa shape index (κ1) is 18.6. The van der Waals surface area contributed by atoms with Gasteiger partial charge in [0.15, 0.2) is 0 Å². The maximum absolute atomic E-state index is 12.5. The lowest BCUT2D eigenvalue weighted by Gasteiger charge is -2.19. The molecule has 1 heterocycles. The predicted octanol–water partition coefficient (Wildman–Crippen LogP) is 5.08. The van der Waals surface area contributed by atoms with Gasteiger partial charge in [0.1, 0.15) is 5.69 Å². The van der Waals surface area contributed by atoms with Crippen LogP contribution in [-0.4, -0.2) is 15.9 Å². The van der Waals surface area contributed by atoms with Crippen molar-refractivity contribution in [2.75, 3.05) is 10.6 Å². The van der Waals surface area contributed by atoms with E-state index in [0.29, 0.717) is 11.6 Å². The van der Waals surface area contributed by atoms with E-state index in [-0.39, 0.29) is 11.3 Å². The lowest BCUT2D eigenvalue weighted by Crippen LogP contribution is -2.15. The topological polar surface area (TPSA) is 66.9 Å². The van der Waals surface area contributed by atoms with Crippen molar-refractivity contribution in [2.45, 2.75) is 33.1 Å². The van der Waals surface area contributed by atoms with Crippen molar-refractivity contribution in [1.82, 2.24) is 9.97 Å². The molecule has 0 spiro atoms. The van der Waals surface area contributed by atoms with Crippen LogP contribution in [0, 0.1) is 6.92 Å². The molecular formula is C22H24N4O. The SMILES string of the molecule is Cc1cc(C(=O)Nc2ccccc2)nc(Nc2ccc(C(C)(C)C)cc2)n1. The van der Waals surface area contributed by atoms with Gasteiger partial charge in [-0.15, -0.1) is 0 Å². The number of carbonyl (C=O) groups is 1. The van der Waals surface area contributed by atoms with E-state index in [1.165, 1.54) is 5.56 Å². The standard InChI is InChI=1S/C22H24N4O/c1-15-14-19(20(27)24-17-8-6-5-7-9-17)26-21(23-15)25-18-12-10-16(11-13-18)22(2,3)4/h5-14H,1-4H3,(H,24,27)(H,23,25,26). The van der Waals surface area contributed by atoms with Gasteiger partial charge in [-0.05, 0) is 48.2 Å². The van der Waals surface area contributed by atoms with Gasteiger partial charge >= 0.3 is 0 Å². The van der Waals surface area contributed by atoms with Crippen LogP contribution in [0.3, 0.4) is 0 Å². The summed E-state index contributed by atoms with van der Waals surface area (Å²) in [6.07, 6.45) is 0. The Labute approximate surface area is 159 Å². The molecule has 0 unspecified atom stereocenters. The molecule has 0 aliphatic carbocycles. The van der Waals surface area contributed by atoms with Gasteiger partial charge in [-0.3, -0.25) is 4.79 Å². The van der Waals surface area contributed by atoms with Gasteiger partial charge in [0, 0.05) is 17.1 Å². The quantitative estimate of drug-likeness (QED) is 0.681. The van der Waals surface area contributed by atoms with E-state index in [2.05, 4.69) is 53.5 Å². The zero-order valence-electron chi connectivity index (χ0n) is 16.1. The maximum Gasteiger partial charge on any atom is 0.274 e. The number of nitrogens with one attached hydrogen (secondary N) is 2. The minimum Gasteiger partial charge on any atom is -0.324 e. The third-order valence-corrected chi connectivity index (χ3v) is 4.13. The Hall–Kier alpha value is -3.21. The van der Waals surface area contributed by atoms with Gasteiger partial charge in [0.25, 0.3) is 5.91 Å². The molecule has 0 fully saturated rings. The molecule has 3 aromatic rings. The fraction of sp³-hybridized carbons (Fsp3) is 0.227. The second-order valence-corrected chi connectivity index (χ2v) is 7.49. The number of aryl methyl sites for hydroxylation is 1. The molecule has 0 saturated carbocycles. The van der Waals surface area contributed by atoms with E-state index < -0.39 is 0 Å². The van der Waals surface area contributed by atoms with Crippen LogP contribution in [-0.2, 0) is 5.41 Å². The highest BCUT2D eigenvalue weighted by molar-refractivity contribution is 6.03. The average Bonchev–Trinajstić information content (AvgIpc) is 2.62. The summed E-state index contributed by atoms with van der Waals surface area (Å²) in [5.41, 5.74) is 3.99. The molecule has 0 saturated heterocycles.